The molecule has 3 atom stereocenters. The van der Waals surface area contributed by atoms with Gasteiger partial charge in [-0.25, -0.2) is 0 Å². The van der Waals surface area contributed by atoms with E-state index < -0.39 is 0 Å². The molecule has 5 rings (SSSR count). The van der Waals surface area contributed by atoms with E-state index in [0.717, 1.165) is 25.7 Å². The summed E-state index contributed by atoms with van der Waals surface area (Å²) in [4.78, 5) is 31.5. The van der Waals surface area contributed by atoms with Crippen LogP contribution < -0.4 is 14.8 Å². The number of aromatic nitrogens is 1. The van der Waals surface area contributed by atoms with Crippen molar-refractivity contribution in [3.63, 3.8) is 0 Å². The first-order valence-electron chi connectivity index (χ1n) is 9.62. The number of amides is 2. The summed E-state index contributed by atoms with van der Waals surface area (Å²) >= 11 is 0. The number of rotatable bonds is 3. The fourth-order valence-corrected chi connectivity index (χ4v) is 4.58. The van der Waals surface area contributed by atoms with E-state index in [1.807, 2.05) is 4.90 Å². The largest absolute Gasteiger partial charge is 0.454 e. The molecule has 144 valence electrons. The maximum absolute atomic E-state index is 13.1. The lowest BCUT2D eigenvalue weighted by Crippen LogP contribution is -2.52. The van der Waals surface area contributed by atoms with E-state index in [1.54, 1.807) is 42.7 Å². The minimum atomic E-state index is -0.0812. The molecule has 0 aliphatic carbocycles. The first-order chi connectivity index (χ1) is 13.7. The smallest absolute Gasteiger partial charge is 0.254 e. The van der Waals surface area contributed by atoms with E-state index in [0.29, 0.717) is 22.6 Å². The number of carbonyl (C=O) groups excluding carboxylic acids is 2. The lowest BCUT2D eigenvalue weighted by Gasteiger charge is -2.39. The van der Waals surface area contributed by atoms with Gasteiger partial charge in [0.2, 0.25) is 6.79 Å². The Bertz CT molecular complexity index is 903. The number of hydrogen-bond donors (Lipinski definition) is 1. The number of carbonyl (C=O) groups is 2. The third-order valence-corrected chi connectivity index (χ3v) is 5.86. The van der Waals surface area contributed by atoms with Gasteiger partial charge < -0.3 is 19.7 Å². The van der Waals surface area contributed by atoms with Crippen molar-refractivity contribution in [3.8, 4) is 11.5 Å². The standard InChI is InChI=1S/C21H21N3O4/c25-20(13-5-7-22-8-6-13)23-15-10-16-2-3-17(11-15)24(16)21(26)14-1-4-18-19(9-14)28-12-27-18/h1,4-9,15-17H,2-3,10-12H2,(H,23,25)/t15?,16-,17+. The Balaban J connectivity index is 1.28. The number of nitrogens with one attached hydrogen (secondary N) is 1. The number of hydrogen-bond acceptors (Lipinski definition) is 5. The Morgan fingerprint density at radius 2 is 1.68 bits per heavy atom. The molecule has 2 bridgehead atoms. The van der Waals surface area contributed by atoms with Crippen LogP contribution in [0.5, 0.6) is 11.5 Å². The van der Waals surface area contributed by atoms with Crippen molar-refractivity contribution < 1.29 is 19.1 Å². The highest BCUT2D eigenvalue weighted by atomic mass is 16.7. The summed E-state index contributed by atoms with van der Waals surface area (Å²) in [7, 11) is 0. The van der Waals surface area contributed by atoms with Crippen LogP contribution in [0.1, 0.15) is 46.4 Å². The second-order valence-corrected chi connectivity index (χ2v) is 7.54. The van der Waals surface area contributed by atoms with Gasteiger partial charge in [-0.2, -0.15) is 0 Å². The molecule has 2 amide bonds. The molecule has 1 aromatic carbocycles. The van der Waals surface area contributed by atoms with Gasteiger partial charge in [-0.05, 0) is 56.0 Å². The number of nitrogens with zero attached hydrogens (tertiary/aromatic N) is 2. The molecule has 0 radical (unpaired) electrons. The molecular formula is C21H21N3O4. The van der Waals surface area contributed by atoms with Gasteiger partial charge in [-0.15, -0.1) is 0 Å². The number of piperidine rings is 1. The summed E-state index contributed by atoms with van der Waals surface area (Å²) in [5.74, 6) is 1.25. The molecule has 2 fully saturated rings. The van der Waals surface area contributed by atoms with E-state index in [2.05, 4.69) is 10.3 Å². The molecule has 4 heterocycles. The third kappa shape index (κ3) is 2.96. The van der Waals surface area contributed by atoms with Gasteiger partial charge in [0.05, 0.1) is 0 Å². The second kappa shape index (κ2) is 6.82. The molecule has 3 aliphatic rings. The molecule has 3 aliphatic heterocycles. The van der Waals surface area contributed by atoms with Crippen LogP contribution in [-0.2, 0) is 0 Å². The maximum atomic E-state index is 13.1. The zero-order valence-electron chi connectivity index (χ0n) is 15.3. The highest BCUT2D eigenvalue weighted by Crippen LogP contribution is 2.38. The SMILES string of the molecule is O=C(NC1C[C@H]2CC[C@@H](C1)N2C(=O)c1ccc2c(c1)OCO2)c1ccncc1. The highest BCUT2D eigenvalue weighted by molar-refractivity contribution is 5.96. The number of fused-ring (bicyclic) bond motifs is 3. The molecule has 2 aromatic rings. The van der Waals surface area contributed by atoms with Gasteiger partial charge in [-0.3, -0.25) is 14.6 Å². The monoisotopic (exact) mass is 379 g/mol. The molecule has 1 N–H and O–H groups in total. The Morgan fingerprint density at radius 1 is 0.964 bits per heavy atom. The zero-order chi connectivity index (χ0) is 19.1. The molecule has 7 nitrogen and oxygen atoms in total. The lowest BCUT2D eigenvalue weighted by molar-refractivity contribution is 0.0549. The first-order valence-corrected chi connectivity index (χ1v) is 9.62. The van der Waals surface area contributed by atoms with Crippen molar-refractivity contribution in [1.29, 1.82) is 0 Å². The van der Waals surface area contributed by atoms with Crippen LogP contribution in [0.2, 0.25) is 0 Å². The van der Waals surface area contributed by atoms with E-state index in [4.69, 9.17) is 9.47 Å². The minimum Gasteiger partial charge on any atom is -0.454 e. The number of benzene rings is 1. The maximum Gasteiger partial charge on any atom is 0.254 e. The molecule has 1 aromatic heterocycles. The predicted molar refractivity (Wildman–Crippen MR) is 100 cm³/mol. The molecule has 1 unspecified atom stereocenters. The van der Waals surface area contributed by atoms with Crippen LogP contribution in [-0.4, -0.2) is 46.6 Å². The van der Waals surface area contributed by atoms with Crippen LogP contribution in [0.3, 0.4) is 0 Å². The van der Waals surface area contributed by atoms with Crippen LogP contribution >= 0.6 is 0 Å². The van der Waals surface area contributed by atoms with Crippen molar-refractivity contribution in [3.05, 3.63) is 53.9 Å². The Hall–Kier alpha value is -3.09. The predicted octanol–water partition coefficient (Wildman–Crippen LogP) is 2.38. The average molecular weight is 379 g/mol. The number of ether oxygens (including phenoxy) is 2. The third-order valence-electron chi connectivity index (χ3n) is 5.86. The van der Waals surface area contributed by atoms with E-state index in [1.165, 1.54) is 0 Å². The lowest BCUT2D eigenvalue weighted by atomic mass is 9.96. The normalized spacial score (nSPS) is 24.9. The van der Waals surface area contributed by atoms with E-state index >= 15 is 0 Å². The molecular weight excluding hydrogens is 358 g/mol. The van der Waals surface area contributed by atoms with Crippen molar-refractivity contribution in [2.75, 3.05) is 6.79 Å². The first kappa shape index (κ1) is 17.0. The molecule has 0 saturated carbocycles. The second-order valence-electron chi connectivity index (χ2n) is 7.54. The van der Waals surface area contributed by atoms with Gasteiger partial charge in [0.15, 0.2) is 11.5 Å². The van der Waals surface area contributed by atoms with Crippen LogP contribution in [0.25, 0.3) is 0 Å². The van der Waals surface area contributed by atoms with Crippen molar-refractivity contribution >= 4 is 11.8 Å². The van der Waals surface area contributed by atoms with E-state index in [9.17, 15) is 9.59 Å². The van der Waals surface area contributed by atoms with Gasteiger partial charge in [0.1, 0.15) is 0 Å². The van der Waals surface area contributed by atoms with Crippen LogP contribution in [0, 0.1) is 0 Å². The van der Waals surface area contributed by atoms with Gasteiger partial charge in [0.25, 0.3) is 11.8 Å². The summed E-state index contributed by atoms with van der Waals surface area (Å²) in [5, 5.41) is 3.13. The van der Waals surface area contributed by atoms with Crippen molar-refractivity contribution in [1.82, 2.24) is 15.2 Å². The minimum absolute atomic E-state index is 0.0321. The quantitative estimate of drug-likeness (QED) is 0.886. The highest BCUT2D eigenvalue weighted by Gasteiger charge is 2.44. The Labute approximate surface area is 162 Å². The molecule has 7 heteroatoms. The van der Waals surface area contributed by atoms with Gasteiger partial charge >= 0.3 is 0 Å². The van der Waals surface area contributed by atoms with Gasteiger partial charge in [0, 0.05) is 41.6 Å². The van der Waals surface area contributed by atoms with Crippen LogP contribution in [0.4, 0.5) is 0 Å². The van der Waals surface area contributed by atoms with E-state index in [-0.39, 0.29) is 36.7 Å². The average Bonchev–Trinajstić information content (AvgIpc) is 3.29. The summed E-state index contributed by atoms with van der Waals surface area (Å²) < 4.78 is 10.7. The molecule has 28 heavy (non-hydrogen) atoms. The summed E-state index contributed by atoms with van der Waals surface area (Å²) in [6.07, 6.45) is 6.74. The molecule has 2 saturated heterocycles. The molecule has 0 spiro atoms. The number of pyridine rings is 1. The Kier molecular flexibility index (Phi) is 4.15. The van der Waals surface area contributed by atoms with Crippen LogP contribution in [0.15, 0.2) is 42.7 Å². The Morgan fingerprint density at radius 3 is 2.43 bits per heavy atom. The fourth-order valence-electron chi connectivity index (χ4n) is 4.58. The van der Waals surface area contributed by atoms with Gasteiger partial charge in [-0.1, -0.05) is 0 Å². The van der Waals surface area contributed by atoms with Crippen molar-refractivity contribution in [2.24, 2.45) is 0 Å². The fraction of sp³-hybridized carbons (Fsp3) is 0.381. The summed E-state index contributed by atoms with van der Waals surface area (Å²) in [5.41, 5.74) is 1.24. The zero-order valence-corrected chi connectivity index (χ0v) is 15.3. The topological polar surface area (TPSA) is 80.8 Å². The summed E-state index contributed by atoms with van der Waals surface area (Å²) in [6.45, 7) is 0.195. The van der Waals surface area contributed by atoms with Crippen molar-refractivity contribution in [2.45, 2.75) is 43.8 Å². The summed E-state index contributed by atoms with van der Waals surface area (Å²) in [6, 6.07) is 9.16.